The Bertz CT molecular complexity index is 697. The number of aryl methyl sites for hydroxylation is 1. The Morgan fingerprint density at radius 1 is 1.48 bits per heavy atom. The van der Waals surface area contributed by atoms with Gasteiger partial charge in [-0.3, -0.25) is 4.79 Å². The number of nitrogens with two attached hydrogens (primary N) is 1. The van der Waals surface area contributed by atoms with Crippen molar-refractivity contribution in [2.75, 3.05) is 12.8 Å². The van der Waals surface area contributed by atoms with Crippen LogP contribution >= 0.6 is 15.9 Å². The predicted octanol–water partition coefficient (Wildman–Crippen LogP) is 1.84. The zero-order chi connectivity index (χ0) is 15.0. The van der Waals surface area contributed by atoms with Crippen molar-refractivity contribution in [3.05, 3.63) is 39.9 Å². The van der Waals surface area contributed by atoms with Crippen LogP contribution in [0.5, 0.6) is 0 Å². The number of benzene rings is 1. The molecule has 110 valence electrons. The number of halogens is 1. The number of carbonyl (C=O) groups excluding carboxylic acids is 1. The highest BCUT2D eigenvalue weighted by Crippen LogP contribution is 2.22. The van der Waals surface area contributed by atoms with Gasteiger partial charge in [0.1, 0.15) is 5.82 Å². The lowest BCUT2D eigenvalue weighted by molar-refractivity contribution is 0.0779. The Kier molecular flexibility index (Phi) is 3.67. The lowest BCUT2D eigenvalue weighted by Gasteiger charge is -2.18. The first kappa shape index (κ1) is 14.1. The van der Waals surface area contributed by atoms with Gasteiger partial charge in [-0.15, -0.1) is 10.2 Å². The van der Waals surface area contributed by atoms with Crippen molar-refractivity contribution in [2.24, 2.45) is 0 Å². The molecule has 1 aliphatic heterocycles. The molecule has 1 aliphatic rings. The average molecular weight is 350 g/mol. The number of anilines is 1. The van der Waals surface area contributed by atoms with Crippen LogP contribution < -0.4 is 5.73 Å². The fourth-order valence-corrected chi connectivity index (χ4v) is 2.94. The van der Waals surface area contributed by atoms with Crippen LogP contribution in [0.1, 0.15) is 28.4 Å². The van der Waals surface area contributed by atoms with E-state index in [1.54, 1.807) is 30.1 Å². The molecule has 0 unspecified atom stereocenters. The summed E-state index contributed by atoms with van der Waals surface area (Å²) in [6, 6.07) is 5.22. The van der Waals surface area contributed by atoms with Gasteiger partial charge in [0.2, 0.25) is 0 Å². The zero-order valence-electron chi connectivity index (χ0n) is 11.7. The van der Waals surface area contributed by atoms with Crippen molar-refractivity contribution >= 4 is 27.5 Å². The number of nitrogen functional groups attached to an aromatic ring is 1. The summed E-state index contributed by atoms with van der Waals surface area (Å²) in [6.45, 7) is 1.37. The van der Waals surface area contributed by atoms with Gasteiger partial charge in [-0.05, 0) is 40.5 Å². The fraction of sp³-hybridized carbons (Fsp3) is 0.357. The molecule has 7 heteroatoms. The molecule has 3 rings (SSSR count). The summed E-state index contributed by atoms with van der Waals surface area (Å²) in [4.78, 5) is 14.2. The summed E-state index contributed by atoms with van der Waals surface area (Å²) in [7, 11) is 1.76. The van der Waals surface area contributed by atoms with Gasteiger partial charge in [-0.1, -0.05) is 0 Å². The molecule has 0 fully saturated rings. The highest BCUT2D eigenvalue weighted by atomic mass is 79.9. The Morgan fingerprint density at radius 3 is 3.10 bits per heavy atom. The summed E-state index contributed by atoms with van der Waals surface area (Å²) in [5.74, 6) is 1.75. The predicted molar refractivity (Wildman–Crippen MR) is 82.7 cm³/mol. The monoisotopic (exact) mass is 349 g/mol. The van der Waals surface area contributed by atoms with Gasteiger partial charge >= 0.3 is 0 Å². The molecule has 21 heavy (non-hydrogen) atoms. The molecule has 2 heterocycles. The number of amides is 1. The average Bonchev–Trinajstić information content (AvgIpc) is 3.05. The van der Waals surface area contributed by atoms with Crippen LogP contribution in [0.2, 0.25) is 0 Å². The number of nitrogens with zero attached hydrogens (tertiary/aromatic N) is 4. The van der Waals surface area contributed by atoms with Gasteiger partial charge in [-0.2, -0.15) is 0 Å². The van der Waals surface area contributed by atoms with E-state index in [1.807, 2.05) is 0 Å². The van der Waals surface area contributed by atoms with E-state index in [0.717, 1.165) is 35.5 Å². The highest BCUT2D eigenvalue weighted by Gasteiger charge is 2.21. The zero-order valence-corrected chi connectivity index (χ0v) is 13.3. The second-order valence-electron chi connectivity index (χ2n) is 5.19. The first-order valence-electron chi connectivity index (χ1n) is 6.77. The van der Waals surface area contributed by atoms with Gasteiger partial charge in [0.05, 0.1) is 12.1 Å². The summed E-state index contributed by atoms with van der Waals surface area (Å²) in [5.41, 5.74) is 6.88. The standard InChI is InChI=1S/C14H16BrN5O/c1-19(8-13-18-17-12-3-2-6-20(12)13)14(21)10-7-9(16)4-5-11(10)15/h4-5,7H,2-3,6,8,16H2,1H3. The van der Waals surface area contributed by atoms with Crippen LogP contribution in [0.3, 0.4) is 0 Å². The fourth-order valence-electron chi connectivity index (χ4n) is 2.52. The number of fused-ring (bicyclic) bond motifs is 1. The smallest absolute Gasteiger partial charge is 0.255 e. The second-order valence-corrected chi connectivity index (χ2v) is 6.04. The summed E-state index contributed by atoms with van der Waals surface area (Å²) in [5, 5.41) is 8.34. The number of aromatic nitrogens is 3. The number of rotatable bonds is 3. The Labute approximate surface area is 131 Å². The van der Waals surface area contributed by atoms with E-state index in [2.05, 4.69) is 30.7 Å². The van der Waals surface area contributed by atoms with E-state index < -0.39 is 0 Å². The lowest BCUT2D eigenvalue weighted by Crippen LogP contribution is -2.28. The number of hydrogen-bond donors (Lipinski definition) is 1. The normalized spacial score (nSPS) is 13.2. The minimum absolute atomic E-state index is 0.0930. The first-order valence-corrected chi connectivity index (χ1v) is 7.57. The molecular weight excluding hydrogens is 334 g/mol. The van der Waals surface area contributed by atoms with Gasteiger partial charge in [0.15, 0.2) is 5.82 Å². The van der Waals surface area contributed by atoms with Crippen LogP contribution in [0, 0.1) is 0 Å². The molecule has 1 aromatic heterocycles. The maximum absolute atomic E-state index is 12.5. The van der Waals surface area contributed by atoms with E-state index in [-0.39, 0.29) is 5.91 Å². The molecule has 2 aromatic rings. The molecule has 6 nitrogen and oxygen atoms in total. The van der Waals surface area contributed by atoms with Crippen molar-refractivity contribution < 1.29 is 4.79 Å². The Morgan fingerprint density at radius 2 is 2.29 bits per heavy atom. The maximum Gasteiger partial charge on any atom is 0.255 e. The molecule has 2 N–H and O–H groups in total. The molecule has 0 saturated heterocycles. The minimum Gasteiger partial charge on any atom is -0.399 e. The molecule has 1 amide bonds. The highest BCUT2D eigenvalue weighted by molar-refractivity contribution is 9.10. The maximum atomic E-state index is 12.5. The largest absolute Gasteiger partial charge is 0.399 e. The number of carbonyl (C=O) groups is 1. The van der Waals surface area contributed by atoms with Crippen molar-refractivity contribution in [3.8, 4) is 0 Å². The minimum atomic E-state index is -0.0930. The van der Waals surface area contributed by atoms with E-state index in [1.165, 1.54) is 0 Å². The van der Waals surface area contributed by atoms with E-state index >= 15 is 0 Å². The third-order valence-electron chi connectivity index (χ3n) is 3.63. The molecule has 0 bridgehead atoms. The summed E-state index contributed by atoms with van der Waals surface area (Å²) >= 11 is 3.39. The lowest BCUT2D eigenvalue weighted by atomic mass is 10.2. The van der Waals surface area contributed by atoms with Crippen LogP contribution in [0.25, 0.3) is 0 Å². The van der Waals surface area contributed by atoms with Crippen LogP contribution in [0.4, 0.5) is 5.69 Å². The van der Waals surface area contributed by atoms with Gasteiger partial charge in [0.25, 0.3) is 5.91 Å². The van der Waals surface area contributed by atoms with Crippen molar-refractivity contribution in [2.45, 2.75) is 25.9 Å². The third-order valence-corrected chi connectivity index (χ3v) is 4.32. The van der Waals surface area contributed by atoms with Crippen molar-refractivity contribution in [1.29, 1.82) is 0 Å². The molecule has 0 spiro atoms. The third kappa shape index (κ3) is 2.65. The Balaban J connectivity index is 1.80. The molecule has 0 atom stereocenters. The first-order chi connectivity index (χ1) is 10.1. The van der Waals surface area contributed by atoms with Gasteiger partial charge < -0.3 is 15.2 Å². The molecule has 1 aromatic carbocycles. The van der Waals surface area contributed by atoms with Crippen LogP contribution in [-0.2, 0) is 19.5 Å². The quantitative estimate of drug-likeness (QED) is 0.857. The summed E-state index contributed by atoms with van der Waals surface area (Å²) < 4.78 is 2.83. The molecule has 0 radical (unpaired) electrons. The van der Waals surface area contributed by atoms with E-state index in [0.29, 0.717) is 17.8 Å². The molecule has 0 saturated carbocycles. The number of hydrogen-bond acceptors (Lipinski definition) is 4. The van der Waals surface area contributed by atoms with Crippen molar-refractivity contribution in [3.63, 3.8) is 0 Å². The second kappa shape index (κ2) is 5.48. The van der Waals surface area contributed by atoms with Gasteiger partial charge in [-0.25, -0.2) is 0 Å². The topological polar surface area (TPSA) is 77.0 Å². The molecular formula is C14H16BrN5O. The van der Waals surface area contributed by atoms with Gasteiger partial charge in [0, 0.05) is 30.2 Å². The van der Waals surface area contributed by atoms with E-state index in [9.17, 15) is 4.79 Å². The van der Waals surface area contributed by atoms with Crippen molar-refractivity contribution in [1.82, 2.24) is 19.7 Å². The Hall–Kier alpha value is -1.89. The van der Waals surface area contributed by atoms with Crippen LogP contribution in [0.15, 0.2) is 22.7 Å². The SMILES string of the molecule is CN(Cc1nnc2n1CCC2)C(=O)c1cc(N)ccc1Br. The summed E-state index contributed by atoms with van der Waals surface area (Å²) in [6.07, 6.45) is 2.06. The van der Waals surface area contributed by atoms with E-state index in [4.69, 9.17) is 5.73 Å². The van der Waals surface area contributed by atoms with Crippen LogP contribution in [-0.4, -0.2) is 32.6 Å². The molecule has 0 aliphatic carbocycles.